The number of carbonyl (C=O) groups is 1. The van der Waals surface area contributed by atoms with Crippen LogP contribution in [-0.4, -0.2) is 34.2 Å². The minimum Gasteiger partial charge on any atom is -0.508 e. The summed E-state index contributed by atoms with van der Waals surface area (Å²) in [5, 5.41) is 18.7. The van der Waals surface area contributed by atoms with Crippen molar-refractivity contribution in [3.8, 4) is 5.75 Å². The Labute approximate surface area is 105 Å². The molecule has 0 spiro atoms. The van der Waals surface area contributed by atoms with E-state index in [1.165, 1.54) is 12.1 Å². The number of carboxylic acids is 1. The molecule has 0 aliphatic carbocycles. The lowest BCUT2D eigenvalue weighted by Gasteiger charge is -2.32. The number of phenolic OH excluding ortho intramolecular Hbond substituents is 1. The number of piperidine rings is 1. The molecular formula is C13H16FNO3. The highest BCUT2D eigenvalue weighted by Gasteiger charge is 2.29. The van der Waals surface area contributed by atoms with Gasteiger partial charge in [0.1, 0.15) is 17.6 Å². The van der Waals surface area contributed by atoms with Gasteiger partial charge in [-0.1, -0.05) is 6.42 Å². The van der Waals surface area contributed by atoms with E-state index in [0.29, 0.717) is 18.7 Å². The van der Waals surface area contributed by atoms with E-state index in [1.54, 1.807) is 0 Å². The highest BCUT2D eigenvalue weighted by molar-refractivity contribution is 5.75. The van der Waals surface area contributed by atoms with Crippen LogP contribution in [0.25, 0.3) is 0 Å². The van der Waals surface area contributed by atoms with Crippen LogP contribution in [0.3, 0.4) is 0 Å². The average molecular weight is 253 g/mol. The number of nitrogens with zero attached hydrogens (tertiary/aromatic N) is 1. The number of phenols is 1. The number of likely N-dealkylation sites (tertiary alicyclic amines) is 1. The summed E-state index contributed by atoms with van der Waals surface area (Å²) in [6, 6.07) is 2.58. The fourth-order valence-corrected chi connectivity index (χ4v) is 2.44. The van der Waals surface area contributed by atoms with Crippen LogP contribution in [0.15, 0.2) is 18.2 Å². The second-order valence-corrected chi connectivity index (χ2v) is 4.58. The Morgan fingerprint density at radius 3 is 2.44 bits per heavy atom. The largest absolute Gasteiger partial charge is 0.508 e. The highest BCUT2D eigenvalue weighted by atomic mass is 19.1. The molecule has 1 saturated heterocycles. The Bertz CT molecular complexity index is 424. The molecule has 1 aliphatic heterocycles. The van der Waals surface area contributed by atoms with Gasteiger partial charge in [-0.15, -0.1) is 0 Å². The smallest absolute Gasteiger partial charge is 0.325 e. The number of aliphatic carboxylic acids is 1. The summed E-state index contributed by atoms with van der Waals surface area (Å²) in [5.41, 5.74) is 0.293. The Morgan fingerprint density at radius 2 is 1.89 bits per heavy atom. The SMILES string of the molecule is O=C(O)C(c1cc(O)cc(F)c1)N1CCCCC1. The van der Waals surface area contributed by atoms with Crippen LogP contribution >= 0.6 is 0 Å². The maximum absolute atomic E-state index is 13.2. The highest BCUT2D eigenvalue weighted by Crippen LogP contribution is 2.28. The van der Waals surface area contributed by atoms with E-state index in [1.807, 2.05) is 4.90 Å². The summed E-state index contributed by atoms with van der Waals surface area (Å²) in [5.74, 6) is -1.87. The summed E-state index contributed by atoms with van der Waals surface area (Å²) >= 11 is 0. The number of benzene rings is 1. The maximum Gasteiger partial charge on any atom is 0.325 e. The van der Waals surface area contributed by atoms with E-state index in [0.717, 1.165) is 25.3 Å². The van der Waals surface area contributed by atoms with Crippen LogP contribution in [0.4, 0.5) is 4.39 Å². The van der Waals surface area contributed by atoms with Crippen LogP contribution in [0.2, 0.25) is 0 Å². The number of rotatable bonds is 3. The predicted octanol–water partition coefficient (Wildman–Crippen LogP) is 2.14. The second-order valence-electron chi connectivity index (χ2n) is 4.58. The standard InChI is InChI=1S/C13H16FNO3/c14-10-6-9(7-11(16)8-10)12(13(17)18)15-4-2-1-3-5-15/h6-8,12,16H,1-5H2,(H,17,18). The van der Waals surface area contributed by atoms with Crippen molar-refractivity contribution < 1.29 is 19.4 Å². The van der Waals surface area contributed by atoms with Gasteiger partial charge >= 0.3 is 5.97 Å². The summed E-state index contributed by atoms with van der Waals surface area (Å²) in [6.45, 7) is 1.38. The molecule has 5 heteroatoms. The van der Waals surface area contributed by atoms with Gasteiger partial charge in [-0.25, -0.2) is 4.39 Å². The number of hydrogen-bond acceptors (Lipinski definition) is 3. The molecule has 1 aromatic carbocycles. The molecule has 2 rings (SSSR count). The van der Waals surface area contributed by atoms with E-state index in [9.17, 15) is 19.4 Å². The lowest BCUT2D eigenvalue weighted by molar-refractivity contribution is -0.144. The molecule has 0 aromatic heterocycles. The molecule has 1 aliphatic rings. The van der Waals surface area contributed by atoms with Gasteiger partial charge in [-0.2, -0.15) is 0 Å². The molecule has 2 N–H and O–H groups in total. The fourth-order valence-electron chi connectivity index (χ4n) is 2.44. The minimum atomic E-state index is -1.01. The molecule has 0 bridgehead atoms. The number of hydrogen-bond donors (Lipinski definition) is 2. The van der Waals surface area contributed by atoms with Crippen molar-refractivity contribution in [3.63, 3.8) is 0 Å². The molecule has 98 valence electrons. The first kappa shape index (κ1) is 12.8. The van der Waals surface area contributed by atoms with Crippen molar-refractivity contribution in [1.82, 2.24) is 4.90 Å². The van der Waals surface area contributed by atoms with Crippen LogP contribution in [0.5, 0.6) is 5.75 Å². The zero-order valence-corrected chi connectivity index (χ0v) is 9.97. The van der Waals surface area contributed by atoms with Crippen molar-refractivity contribution >= 4 is 5.97 Å². The molecule has 0 saturated carbocycles. The predicted molar refractivity (Wildman–Crippen MR) is 63.9 cm³/mol. The average Bonchev–Trinajstić information content (AvgIpc) is 2.28. The number of halogens is 1. The van der Waals surface area contributed by atoms with Crippen LogP contribution in [-0.2, 0) is 4.79 Å². The first-order chi connectivity index (χ1) is 8.58. The molecular weight excluding hydrogens is 237 g/mol. The molecule has 0 amide bonds. The Morgan fingerprint density at radius 1 is 1.22 bits per heavy atom. The lowest BCUT2D eigenvalue weighted by Crippen LogP contribution is -2.37. The Hall–Kier alpha value is -1.62. The Balaban J connectivity index is 2.31. The second kappa shape index (κ2) is 5.35. The van der Waals surface area contributed by atoms with Gasteiger partial charge in [0.15, 0.2) is 0 Å². The van der Waals surface area contributed by atoms with Gasteiger partial charge in [0.25, 0.3) is 0 Å². The molecule has 1 atom stereocenters. The maximum atomic E-state index is 13.2. The zero-order valence-electron chi connectivity index (χ0n) is 9.97. The Kier molecular flexibility index (Phi) is 3.81. The van der Waals surface area contributed by atoms with Crippen LogP contribution in [0, 0.1) is 5.82 Å². The van der Waals surface area contributed by atoms with E-state index >= 15 is 0 Å². The van der Waals surface area contributed by atoms with Crippen molar-refractivity contribution in [1.29, 1.82) is 0 Å². The van der Waals surface area contributed by atoms with Crippen LogP contribution < -0.4 is 0 Å². The van der Waals surface area contributed by atoms with Crippen molar-refractivity contribution in [2.24, 2.45) is 0 Å². The fraction of sp³-hybridized carbons (Fsp3) is 0.462. The number of carboxylic acid groups (broad SMARTS) is 1. The quantitative estimate of drug-likeness (QED) is 0.866. The van der Waals surface area contributed by atoms with Crippen molar-refractivity contribution in [2.75, 3.05) is 13.1 Å². The lowest BCUT2D eigenvalue weighted by atomic mass is 10.0. The molecule has 1 unspecified atom stereocenters. The van der Waals surface area contributed by atoms with Gasteiger partial charge < -0.3 is 10.2 Å². The van der Waals surface area contributed by atoms with Gasteiger partial charge in [-0.05, 0) is 43.6 Å². The first-order valence-corrected chi connectivity index (χ1v) is 6.04. The molecule has 0 radical (unpaired) electrons. The van der Waals surface area contributed by atoms with E-state index < -0.39 is 17.8 Å². The van der Waals surface area contributed by atoms with Gasteiger partial charge in [0.2, 0.25) is 0 Å². The molecule has 18 heavy (non-hydrogen) atoms. The molecule has 1 fully saturated rings. The molecule has 4 nitrogen and oxygen atoms in total. The van der Waals surface area contributed by atoms with Gasteiger partial charge in [-0.3, -0.25) is 9.69 Å². The minimum absolute atomic E-state index is 0.242. The third-order valence-corrected chi connectivity index (χ3v) is 3.21. The molecule has 1 heterocycles. The summed E-state index contributed by atoms with van der Waals surface area (Å²) in [6.07, 6.45) is 2.99. The van der Waals surface area contributed by atoms with E-state index in [4.69, 9.17) is 0 Å². The first-order valence-electron chi connectivity index (χ1n) is 6.04. The van der Waals surface area contributed by atoms with Crippen molar-refractivity contribution in [3.05, 3.63) is 29.6 Å². The monoisotopic (exact) mass is 253 g/mol. The summed E-state index contributed by atoms with van der Waals surface area (Å²) in [7, 11) is 0. The van der Waals surface area contributed by atoms with Crippen LogP contribution in [0.1, 0.15) is 30.9 Å². The van der Waals surface area contributed by atoms with Crippen molar-refractivity contribution in [2.45, 2.75) is 25.3 Å². The normalized spacial score (nSPS) is 18.5. The third-order valence-electron chi connectivity index (χ3n) is 3.21. The summed E-state index contributed by atoms with van der Waals surface area (Å²) in [4.78, 5) is 13.2. The van der Waals surface area contributed by atoms with Gasteiger partial charge in [0, 0.05) is 6.07 Å². The molecule has 1 aromatic rings. The van der Waals surface area contributed by atoms with E-state index in [-0.39, 0.29) is 5.75 Å². The van der Waals surface area contributed by atoms with Gasteiger partial charge in [0.05, 0.1) is 0 Å². The zero-order chi connectivity index (χ0) is 13.1. The van der Waals surface area contributed by atoms with E-state index in [2.05, 4.69) is 0 Å². The number of aromatic hydroxyl groups is 1. The topological polar surface area (TPSA) is 60.8 Å². The third kappa shape index (κ3) is 2.79. The summed E-state index contributed by atoms with van der Waals surface area (Å²) < 4.78 is 13.2.